The van der Waals surface area contributed by atoms with Crippen molar-refractivity contribution in [3.63, 3.8) is 0 Å². The highest BCUT2D eigenvalue weighted by Gasteiger charge is 2.15. The summed E-state index contributed by atoms with van der Waals surface area (Å²) >= 11 is 9.50. The molecule has 5 nitrogen and oxygen atoms in total. The number of carboxylic acids is 1. The number of rotatable bonds is 5. The third-order valence-corrected chi connectivity index (χ3v) is 5.60. The maximum Gasteiger partial charge on any atom is 0.336 e. The SMILES string of the molecule is Cc1nn(CCc2ccc(C(=O)O)c(Br)c2)c(C)c1-c1ccc(C#N)c(Cl)c1. The first-order chi connectivity index (χ1) is 13.3. The van der Waals surface area contributed by atoms with Crippen molar-refractivity contribution in [3.05, 3.63) is 74.0 Å². The van der Waals surface area contributed by atoms with E-state index < -0.39 is 5.97 Å². The quantitative estimate of drug-likeness (QED) is 0.555. The lowest BCUT2D eigenvalue weighted by molar-refractivity contribution is 0.0696. The van der Waals surface area contributed by atoms with Crippen LogP contribution in [0.25, 0.3) is 11.1 Å². The molecule has 7 heteroatoms. The largest absolute Gasteiger partial charge is 0.478 e. The van der Waals surface area contributed by atoms with Gasteiger partial charge in [0.25, 0.3) is 0 Å². The molecule has 1 N–H and O–H groups in total. The summed E-state index contributed by atoms with van der Waals surface area (Å²) < 4.78 is 2.51. The highest BCUT2D eigenvalue weighted by molar-refractivity contribution is 9.10. The van der Waals surface area contributed by atoms with Gasteiger partial charge in [-0.1, -0.05) is 23.7 Å². The number of halogens is 2. The summed E-state index contributed by atoms with van der Waals surface area (Å²) in [5.41, 5.74) is 5.55. The van der Waals surface area contributed by atoms with E-state index in [4.69, 9.17) is 22.0 Å². The van der Waals surface area contributed by atoms with E-state index in [9.17, 15) is 4.79 Å². The van der Waals surface area contributed by atoms with Gasteiger partial charge in [0.15, 0.2) is 0 Å². The lowest BCUT2D eigenvalue weighted by Crippen LogP contribution is -2.06. The Bertz CT molecular complexity index is 1120. The molecule has 1 aromatic heterocycles. The molecule has 0 saturated carbocycles. The Labute approximate surface area is 176 Å². The van der Waals surface area contributed by atoms with E-state index in [0.29, 0.717) is 28.0 Å². The fraction of sp³-hybridized carbons (Fsp3) is 0.190. The molecule has 0 spiro atoms. The number of carbonyl (C=O) groups is 1. The van der Waals surface area contributed by atoms with Gasteiger partial charge >= 0.3 is 5.97 Å². The van der Waals surface area contributed by atoms with E-state index in [2.05, 4.69) is 27.1 Å². The minimum Gasteiger partial charge on any atom is -0.478 e. The summed E-state index contributed by atoms with van der Waals surface area (Å²) in [4.78, 5) is 11.1. The monoisotopic (exact) mass is 457 g/mol. The Hall–Kier alpha value is -2.62. The summed E-state index contributed by atoms with van der Waals surface area (Å²) in [6, 6.07) is 12.7. The van der Waals surface area contributed by atoms with E-state index in [1.165, 1.54) is 0 Å². The maximum absolute atomic E-state index is 11.1. The molecule has 3 aromatic rings. The number of benzene rings is 2. The molecular weight excluding hydrogens is 442 g/mol. The first-order valence-electron chi connectivity index (χ1n) is 8.57. The second-order valence-corrected chi connectivity index (χ2v) is 7.71. The smallest absolute Gasteiger partial charge is 0.336 e. The Morgan fingerprint density at radius 1 is 1.29 bits per heavy atom. The number of hydrogen-bond acceptors (Lipinski definition) is 3. The van der Waals surface area contributed by atoms with E-state index in [1.54, 1.807) is 18.2 Å². The Balaban J connectivity index is 1.85. The van der Waals surface area contributed by atoms with Crippen molar-refractivity contribution < 1.29 is 9.90 Å². The molecule has 0 saturated heterocycles. The maximum atomic E-state index is 11.1. The van der Waals surface area contributed by atoms with Crippen LogP contribution in [0.1, 0.15) is 32.9 Å². The van der Waals surface area contributed by atoms with Crippen molar-refractivity contribution in [2.45, 2.75) is 26.8 Å². The molecule has 0 aliphatic rings. The molecule has 0 radical (unpaired) electrons. The lowest BCUT2D eigenvalue weighted by Gasteiger charge is -2.08. The molecule has 0 atom stereocenters. The van der Waals surface area contributed by atoms with E-state index in [1.807, 2.05) is 36.7 Å². The first kappa shape index (κ1) is 20.1. The second-order valence-electron chi connectivity index (χ2n) is 6.44. The van der Waals surface area contributed by atoms with Gasteiger partial charge in [-0.25, -0.2) is 4.79 Å². The molecule has 0 aliphatic heterocycles. The van der Waals surface area contributed by atoms with E-state index in [-0.39, 0.29) is 5.56 Å². The van der Waals surface area contributed by atoms with Gasteiger partial charge in [0, 0.05) is 22.3 Å². The van der Waals surface area contributed by atoms with Gasteiger partial charge in [-0.15, -0.1) is 0 Å². The predicted molar refractivity (Wildman–Crippen MR) is 112 cm³/mol. The van der Waals surface area contributed by atoms with Crippen LogP contribution >= 0.6 is 27.5 Å². The number of nitrogens with zero attached hydrogens (tertiary/aromatic N) is 3. The van der Waals surface area contributed by atoms with Gasteiger partial charge in [0.05, 0.1) is 21.8 Å². The van der Waals surface area contributed by atoms with Crippen molar-refractivity contribution in [2.75, 3.05) is 0 Å². The fourth-order valence-corrected chi connectivity index (χ4v) is 4.03. The van der Waals surface area contributed by atoms with Crippen molar-refractivity contribution in [2.24, 2.45) is 0 Å². The van der Waals surface area contributed by atoms with Crippen LogP contribution in [-0.2, 0) is 13.0 Å². The van der Waals surface area contributed by atoms with Crippen LogP contribution in [0.15, 0.2) is 40.9 Å². The van der Waals surface area contributed by atoms with Gasteiger partial charge in [-0.05, 0) is 71.6 Å². The minimum atomic E-state index is -0.956. The van der Waals surface area contributed by atoms with Crippen molar-refractivity contribution >= 4 is 33.5 Å². The van der Waals surface area contributed by atoms with Crippen LogP contribution in [-0.4, -0.2) is 20.9 Å². The molecule has 0 unspecified atom stereocenters. The lowest BCUT2D eigenvalue weighted by atomic mass is 10.0. The Morgan fingerprint density at radius 3 is 2.64 bits per heavy atom. The van der Waals surface area contributed by atoms with Crippen LogP contribution in [0, 0.1) is 25.2 Å². The Kier molecular flexibility index (Phi) is 5.87. The third-order valence-electron chi connectivity index (χ3n) is 4.64. The highest BCUT2D eigenvalue weighted by atomic mass is 79.9. The number of nitriles is 1. The van der Waals surface area contributed by atoms with Gasteiger partial charge in [-0.3, -0.25) is 4.68 Å². The molecule has 1 heterocycles. The number of carboxylic acid groups (broad SMARTS) is 1. The van der Waals surface area contributed by atoms with Gasteiger partial charge in [-0.2, -0.15) is 10.4 Å². The highest BCUT2D eigenvalue weighted by Crippen LogP contribution is 2.30. The van der Waals surface area contributed by atoms with Crippen molar-refractivity contribution in [1.82, 2.24) is 9.78 Å². The average molecular weight is 459 g/mol. The molecule has 0 bridgehead atoms. The van der Waals surface area contributed by atoms with Crippen molar-refractivity contribution in [3.8, 4) is 17.2 Å². The number of aryl methyl sites for hydroxylation is 3. The minimum absolute atomic E-state index is 0.245. The topological polar surface area (TPSA) is 78.9 Å². The molecule has 0 fully saturated rings. The Morgan fingerprint density at radius 2 is 2.04 bits per heavy atom. The fourth-order valence-electron chi connectivity index (χ4n) is 3.22. The molecule has 0 amide bonds. The van der Waals surface area contributed by atoms with Crippen LogP contribution < -0.4 is 0 Å². The summed E-state index contributed by atoms with van der Waals surface area (Å²) in [7, 11) is 0. The summed E-state index contributed by atoms with van der Waals surface area (Å²) in [5, 5.41) is 23.2. The molecular formula is C21H17BrClN3O2. The first-order valence-corrected chi connectivity index (χ1v) is 9.74. The van der Waals surface area contributed by atoms with Gasteiger partial charge < -0.3 is 5.11 Å². The second kappa shape index (κ2) is 8.17. The zero-order valence-electron chi connectivity index (χ0n) is 15.3. The van der Waals surface area contributed by atoms with E-state index in [0.717, 1.165) is 28.1 Å². The molecule has 2 aromatic carbocycles. The number of aromatic nitrogens is 2. The average Bonchev–Trinajstić information content (AvgIpc) is 2.93. The van der Waals surface area contributed by atoms with Crippen LogP contribution in [0.4, 0.5) is 0 Å². The number of hydrogen-bond donors (Lipinski definition) is 1. The summed E-state index contributed by atoms with van der Waals surface area (Å²) in [6.45, 7) is 4.61. The van der Waals surface area contributed by atoms with Crippen LogP contribution in [0.5, 0.6) is 0 Å². The summed E-state index contributed by atoms with van der Waals surface area (Å²) in [5.74, 6) is -0.956. The molecule has 0 aliphatic carbocycles. The van der Waals surface area contributed by atoms with Crippen LogP contribution in [0.3, 0.4) is 0 Å². The van der Waals surface area contributed by atoms with Crippen LogP contribution in [0.2, 0.25) is 5.02 Å². The standard InChI is InChI=1S/C21H17BrClN3O2/c1-12-20(15-4-5-16(11-24)19(23)10-15)13(2)26(25-12)8-7-14-3-6-17(21(27)28)18(22)9-14/h3-6,9-10H,7-8H2,1-2H3,(H,27,28). The third kappa shape index (κ3) is 3.96. The number of aromatic carboxylic acids is 1. The normalized spacial score (nSPS) is 10.7. The van der Waals surface area contributed by atoms with Gasteiger partial charge in [0.1, 0.15) is 6.07 Å². The predicted octanol–water partition coefficient (Wildman–Crippen LogP) is 5.40. The zero-order valence-corrected chi connectivity index (χ0v) is 17.7. The van der Waals surface area contributed by atoms with Crippen molar-refractivity contribution in [1.29, 1.82) is 5.26 Å². The zero-order chi connectivity index (χ0) is 20.4. The van der Waals surface area contributed by atoms with E-state index >= 15 is 0 Å². The molecule has 28 heavy (non-hydrogen) atoms. The molecule has 3 rings (SSSR count). The summed E-state index contributed by atoms with van der Waals surface area (Å²) in [6.07, 6.45) is 0.716. The molecule has 142 valence electrons. The van der Waals surface area contributed by atoms with Gasteiger partial charge in [0.2, 0.25) is 0 Å².